The SMILES string of the molecule is Cc1cc(OCc2nc(SCC(=O)N3CCCCC3C)n[nH]2)ccc1Cl. The second-order valence-electron chi connectivity index (χ2n) is 6.48. The Morgan fingerprint density at radius 3 is 3.08 bits per heavy atom. The number of halogens is 1. The minimum absolute atomic E-state index is 0.154. The molecule has 1 saturated heterocycles. The Labute approximate surface area is 162 Å². The van der Waals surface area contributed by atoms with Gasteiger partial charge in [0.05, 0.1) is 5.75 Å². The van der Waals surface area contributed by atoms with Gasteiger partial charge < -0.3 is 9.64 Å². The summed E-state index contributed by atoms with van der Waals surface area (Å²) in [5, 5.41) is 8.28. The molecule has 1 N–H and O–H groups in total. The van der Waals surface area contributed by atoms with E-state index in [0.717, 1.165) is 30.7 Å². The Morgan fingerprint density at radius 1 is 1.46 bits per heavy atom. The maximum atomic E-state index is 12.4. The van der Waals surface area contributed by atoms with Crippen molar-refractivity contribution in [1.29, 1.82) is 0 Å². The van der Waals surface area contributed by atoms with Crippen molar-refractivity contribution in [2.24, 2.45) is 0 Å². The number of carbonyl (C=O) groups excluding carboxylic acids is 1. The Morgan fingerprint density at radius 2 is 2.31 bits per heavy atom. The quantitative estimate of drug-likeness (QED) is 0.753. The van der Waals surface area contributed by atoms with E-state index in [9.17, 15) is 4.79 Å². The minimum atomic E-state index is 0.154. The summed E-state index contributed by atoms with van der Waals surface area (Å²) < 4.78 is 5.70. The molecule has 1 unspecified atom stereocenters. The van der Waals surface area contributed by atoms with Gasteiger partial charge in [0, 0.05) is 17.6 Å². The molecule has 1 aromatic heterocycles. The molecule has 0 saturated carbocycles. The summed E-state index contributed by atoms with van der Waals surface area (Å²) in [6, 6.07) is 5.84. The molecule has 0 radical (unpaired) electrons. The van der Waals surface area contributed by atoms with E-state index in [2.05, 4.69) is 22.1 Å². The van der Waals surface area contributed by atoms with Crippen LogP contribution in [0.25, 0.3) is 0 Å². The Kier molecular flexibility index (Phi) is 6.43. The van der Waals surface area contributed by atoms with Gasteiger partial charge in [-0.05, 0) is 56.9 Å². The van der Waals surface area contributed by atoms with Crippen LogP contribution in [-0.2, 0) is 11.4 Å². The molecular weight excluding hydrogens is 372 g/mol. The Bertz CT molecular complexity index is 767. The highest BCUT2D eigenvalue weighted by atomic mass is 35.5. The van der Waals surface area contributed by atoms with Crippen LogP contribution in [0.5, 0.6) is 5.75 Å². The first-order valence-corrected chi connectivity index (χ1v) is 10.1. The zero-order valence-electron chi connectivity index (χ0n) is 15.0. The van der Waals surface area contributed by atoms with E-state index in [1.54, 1.807) is 6.07 Å². The maximum absolute atomic E-state index is 12.4. The summed E-state index contributed by atoms with van der Waals surface area (Å²) >= 11 is 7.36. The first-order chi connectivity index (χ1) is 12.5. The third kappa shape index (κ3) is 4.92. The van der Waals surface area contributed by atoms with E-state index in [1.807, 2.05) is 24.0 Å². The van der Waals surface area contributed by atoms with E-state index < -0.39 is 0 Å². The van der Waals surface area contributed by atoms with Gasteiger partial charge in [-0.15, -0.1) is 5.10 Å². The summed E-state index contributed by atoms with van der Waals surface area (Å²) in [7, 11) is 0. The molecule has 6 nitrogen and oxygen atoms in total. The summed E-state index contributed by atoms with van der Waals surface area (Å²) in [5.41, 5.74) is 0.962. The minimum Gasteiger partial charge on any atom is -0.486 e. The van der Waals surface area contributed by atoms with Crippen molar-refractivity contribution in [3.8, 4) is 5.75 Å². The molecule has 1 atom stereocenters. The van der Waals surface area contributed by atoms with Gasteiger partial charge in [0.2, 0.25) is 11.1 Å². The number of carbonyl (C=O) groups is 1. The lowest BCUT2D eigenvalue weighted by Crippen LogP contribution is -2.42. The van der Waals surface area contributed by atoms with Crippen LogP contribution in [0.2, 0.25) is 5.02 Å². The molecule has 1 aromatic carbocycles. The fourth-order valence-corrected chi connectivity index (χ4v) is 3.76. The normalized spacial score (nSPS) is 17.3. The number of aromatic amines is 1. The van der Waals surface area contributed by atoms with Crippen LogP contribution < -0.4 is 4.74 Å². The van der Waals surface area contributed by atoms with Crippen LogP contribution in [0.4, 0.5) is 0 Å². The number of amides is 1. The van der Waals surface area contributed by atoms with Crippen molar-refractivity contribution in [2.75, 3.05) is 12.3 Å². The number of nitrogens with one attached hydrogen (secondary N) is 1. The molecule has 26 heavy (non-hydrogen) atoms. The first kappa shape index (κ1) is 19.0. The van der Waals surface area contributed by atoms with Gasteiger partial charge in [-0.1, -0.05) is 23.4 Å². The van der Waals surface area contributed by atoms with Crippen molar-refractivity contribution in [1.82, 2.24) is 20.1 Å². The predicted molar refractivity (Wildman–Crippen MR) is 103 cm³/mol. The van der Waals surface area contributed by atoms with E-state index in [-0.39, 0.29) is 12.5 Å². The largest absolute Gasteiger partial charge is 0.486 e. The Hall–Kier alpha value is -1.73. The molecule has 1 aliphatic rings. The van der Waals surface area contributed by atoms with Crippen LogP contribution in [-0.4, -0.2) is 44.3 Å². The smallest absolute Gasteiger partial charge is 0.233 e. The van der Waals surface area contributed by atoms with Crippen molar-refractivity contribution in [2.45, 2.75) is 50.9 Å². The van der Waals surface area contributed by atoms with Gasteiger partial charge in [0.15, 0.2) is 5.82 Å². The van der Waals surface area contributed by atoms with Gasteiger partial charge in [-0.2, -0.15) is 0 Å². The fourth-order valence-electron chi connectivity index (χ4n) is 2.94. The van der Waals surface area contributed by atoms with Gasteiger partial charge in [0.1, 0.15) is 12.4 Å². The van der Waals surface area contributed by atoms with Gasteiger partial charge in [-0.25, -0.2) is 4.98 Å². The number of piperidine rings is 1. The molecule has 2 aromatic rings. The van der Waals surface area contributed by atoms with Crippen LogP contribution in [0.15, 0.2) is 23.4 Å². The molecule has 1 fully saturated rings. The number of benzene rings is 1. The molecule has 2 heterocycles. The zero-order valence-corrected chi connectivity index (χ0v) is 16.6. The van der Waals surface area contributed by atoms with E-state index in [1.165, 1.54) is 18.2 Å². The summed E-state index contributed by atoms with van der Waals surface area (Å²) in [4.78, 5) is 18.7. The molecular formula is C18H23ClN4O2S. The van der Waals surface area contributed by atoms with Crippen molar-refractivity contribution >= 4 is 29.3 Å². The third-order valence-corrected chi connectivity index (χ3v) is 5.72. The maximum Gasteiger partial charge on any atom is 0.233 e. The fraction of sp³-hybridized carbons (Fsp3) is 0.500. The number of thioether (sulfide) groups is 1. The van der Waals surface area contributed by atoms with Crippen molar-refractivity contribution in [3.05, 3.63) is 34.6 Å². The number of nitrogens with zero attached hydrogens (tertiary/aromatic N) is 3. The second kappa shape index (κ2) is 8.77. The molecule has 8 heteroatoms. The molecule has 1 amide bonds. The lowest BCUT2D eigenvalue weighted by molar-refractivity contribution is -0.131. The number of hydrogen-bond acceptors (Lipinski definition) is 5. The first-order valence-electron chi connectivity index (χ1n) is 8.75. The molecule has 0 bridgehead atoms. The van der Waals surface area contributed by atoms with Crippen LogP contribution in [0, 0.1) is 6.92 Å². The monoisotopic (exact) mass is 394 g/mol. The highest BCUT2D eigenvalue weighted by Gasteiger charge is 2.23. The average molecular weight is 395 g/mol. The van der Waals surface area contributed by atoms with E-state index in [4.69, 9.17) is 16.3 Å². The molecule has 0 spiro atoms. The average Bonchev–Trinajstić information content (AvgIpc) is 3.09. The third-order valence-electron chi connectivity index (χ3n) is 4.46. The van der Waals surface area contributed by atoms with Gasteiger partial charge >= 0.3 is 0 Å². The summed E-state index contributed by atoms with van der Waals surface area (Å²) in [6.07, 6.45) is 3.38. The second-order valence-corrected chi connectivity index (χ2v) is 7.83. The Balaban J connectivity index is 1.48. The lowest BCUT2D eigenvalue weighted by atomic mass is 10.0. The highest BCUT2D eigenvalue weighted by Crippen LogP contribution is 2.22. The van der Waals surface area contributed by atoms with Crippen LogP contribution >= 0.6 is 23.4 Å². The summed E-state index contributed by atoms with van der Waals surface area (Å²) in [6.45, 7) is 5.18. The molecule has 140 valence electrons. The van der Waals surface area contributed by atoms with Crippen molar-refractivity contribution in [3.63, 3.8) is 0 Å². The number of likely N-dealkylation sites (tertiary alicyclic amines) is 1. The number of ether oxygens (including phenoxy) is 1. The molecule has 3 rings (SSSR count). The lowest BCUT2D eigenvalue weighted by Gasteiger charge is -2.33. The van der Waals surface area contributed by atoms with Crippen molar-refractivity contribution < 1.29 is 9.53 Å². The number of aromatic nitrogens is 3. The molecule has 1 aliphatic heterocycles. The van der Waals surface area contributed by atoms with Crippen LogP contribution in [0.1, 0.15) is 37.6 Å². The van der Waals surface area contributed by atoms with E-state index >= 15 is 0 Å². The number of rotatable bonds is 6. The predicted octanol–water partition coefficient (Wildman–Crippen LogP) is 3.84. The van der Waals surface area contributed by atoms with Gasteiger partial charge in [0.25, 0.3) is 0 Å². The molecule has 0 aliphatic carbocycles. The highest BCUT2D eigenvalue weighted by molar-refractivity contribution is 7.99. The van der Waals surface area contributed by atoms with Crippen LogP contribution in [0.3, 0.4) is 0 Å². The van der Waals surface area contributed by atoms with E-state index in [0.29, 0.717) is 27.8 Å². The number of aryl methyl sites for hydroxylation is 1. The zero-order chi connectivity index (χ0) is 18.5. The summed E-state index contributed by atoms with van der Waals surface area (Å²) in [5.74, 6) is 1.87. The standard InChI is InChI=1S/C18H23ClN4O2S/c1-12-9-14(6-7-15(12)19)25-10-16-20-18(22-21-16)26-11-17(24)23-8-4-3-5-13(23)2/h6-7,9,13H,3-5,8,10-11H2,1-2H3,(H,20,21,22). The number of hydrogen-bond donors (Lipinski definition) is 1. The number of H-pyrrole nitrogens is 1. The topological polar surface area (TPSA) is 71.1 Å². The van der Waals surface area contributed by atoms with Gasteiger partial charge in [-0.3, -0.25) is 9.89 Å².